The van der Waals surface area contributed by atoms with Gasteiger partial charge in [0.2, 0.25) is 0 Å². The van der Waals surface area contributed by atoms with Crippen LogP contribution in [0.25, 0.3) is 0 Å². The standard InChI is InChI=1S/C25H43N/c1-3-5-16-25(19-26)17-14-24(15-18-25)23-12-10-22(11-13-23)21-8-6-20(4-2)7-9-21/h20-24H,3-18H2,1-2H3/t20-,21-,22?,23?,24-,25-. The topological polar surface area (TPSA) is 23.8 Å². The Morgan fingerprint density at radius 1 is 0.731 bits per heavy atom. The highest BCUT2D eigenvalue weighted by molar-refractivity contribution is 5.02. The van der Waals surface area contributed by atoms with Gasteiger partial charge in [-0.05, 0) is 100 Å². The van der Waals surface area contributed by atoms with Crippen LogP contribution in [0, 0.1) is 46.3 Å². The minimum atomic E-state index is 0.0433. The molecule has 3 rings (SSSR count). The lowest BCUT2D eigenvalue weighted by atomic mass is 9.62. The van der Waals surface area contributed by atoms with Crippen LogP contribution in [0.15, 0.2) is 0 Å². The summed E-state index contributed by atoms with van der Waals surface area (Å²) in [5.41, 5.74) is 0.0433. The molecule has 0 spiro atoms. The van der Waals surface area contributed by atoms with E-state index in [0.717, 1.165) is 36.0 Å². The normalized spacial score (nSPS) is 41.5. The molecule has 0 aromatic heterocycles. The van der Waals surface area contributed by atoms with Crippen molar-refractivity contribution in [3.05, 3.63) is 0 Å². The summed E-state index contributed by atoms with van der Waals surface area (Å²) in [6, 6.07) is 2.73. The Morgan fingerprint density at radius 3 is 1.62 bits per heavy atom. The van der Waals surface area contributed by atoms with Crippen LogP contribution in [0.2, 0.25) is 0 Å². The van der Waals surface area contributed by atoms with E-state index in [0.29, 0.717) is 0 Å². The number of hydrogen-bond acceptors (Lipinski definition) is 1. The molecule has 0 saturated heterocycles. The highest BCUT2D eigenvalue weighted by Gasteiger charge is 2.39. The van der Waals surface area contributed by atoms with E-state index in [9.17, 15) is 5.26 Å². The molecular formula is C25H43N. The minimum absolute atomic E-state index is 0.0433. The Kier molecular flexibility index (Phi) is 7.48. The molecule has 0 atom stereocenters. The first-order valence-electron chi connectivity index (χ1n) is 12.1. The van der Waals surface area contributed by atoms with Gasteiger partial charge in [-0.1, -0.05) is 46.0 Å². The third-order valence-electron chi connectivity index (χ3n) is 8.85. The SMILES string of the molecule is CCCC[C@]1(C#N)CC[C@H](C2CCC([C@H]3CC[C@H](CC)CC3)CC2)CC1. The summed E-state index contributed by atoms with van der Waals surface area (Å²) in [5, 5.41) is 9.73. The summed E-state index contributed by atoms with van der Waals surface area (Å²) < 4.78 is 0. The lowest BCUT2D eigenvalue weighted by Gasteiger charge is -2.43. The van der Waals surface area contributed by atoms with Crippen LogP contribution in [0.5, 0.6) is 0 Å². The highest BCUT2D eigenvalue weighted by Crippen LogP contribution is 2.49. The first kappa shape index (κ1) is 20.2. The van der Waals surface area contributed by atoms with Gasteiger partial charge in [0.15, 0.2) is 0 Å². The zero-order valence-electron chi connectivity index (χ0n) is 17.6. The monoisotopic (exact) mass is 357 g/mol. The Labute approximate surface area is 163 Å². The van der Waals surface area contributed by atoms with Gasteiger partial charge < -0.3 is 0 Å². The molecule has 148 valence electrons. The van der Waals surface area contributed by atoms with Crippen LogP contribution in [0.3, 0.4) is 0 Å². The van der Waals surface area contributed by atoms with Gasteiger partial charge in [0, 0.05) is 0 Å². The van der Waals surface area contributed by atoms with Crippen molar-refractivity contribution in [2.75, 3.05) is 0 Å². The molecule has 3 fully saturated rings. The molecule has 0 aliphatic heterocycles. The van der Waals surface area contributed by atoms with Crippen molar-refractivity contribution in [3.8, 4) is 6.07 Å². The molecule has 1 nitrogen and oxygen atoms in total. The van der Waals surface area contributed by atoms with Crippen molar-refractivity contribution >= 4 is 0 Å². The zero-order chi connectivity index (χ0) is 18.4. The summed E-state index contributed by atoms with van der Waals surface area (Å²) >= 11 is 0. The van der Waals surface area contributed by atoms with Gasteiger partial charge in [-0.2, -0.15) is 5.26 Å². The van der Waals surface area contributed by atoms with E-state index in [2.05, 4.69) is 19.9 Å². The minimum Gasteiger partial charge on any atom is -0.198 e. The average Bonchev–Trinajstić information content (AvgIpc) is 2.73. The largest absolute Gasteiger partial charge is 0.198 e. The Bertz CT molecular complexity index is 437. The van der Waals surface area contributed by atoms with E-state index in [-0.39, 0.29) is 5.41 Å². The maximum Gasteiger partial charge on any atom is 0.0689 e. The summed E-state index contributed by atoms with van der Waals surface area (Å²) in [4.78, 5) is 0. The summed E-state index contributed by atoms with van der Waals surface area (Å²) in [6.07, 6.45) is 22.2. The Morgan fingerprint density at radius 2 is 1.19 bits per heavy atom. The second kappa shape index (κ2) is 9.61. The van der Waals surface area contributed by atoms with Gasteiger partial charge in [-0.15, -0.1) is 0 Å². The molecule has 0 N–H and O–H groups in total. The molecule has 1 heteroatoms. The number of nitriles is 1. The molecule has 0 heterocycles. The predicted octanol–water partition coefficient (Wildman–Crippen LogP) is 7.90. The second-order valence-corrected chi connectivity index (χ2v) is 10.2. The van der Waals surface area contributed by atoms with E-state index in [1.807, 2.05) is 0 Å². The van der Waals surface area contributed by atoms with E-state index in [1.54, 1.807) is 0 Å². The zero-order valence-corrected chi connectivity index (χ0v) is 17.6. The Hall–Kier alpha value is -0.510. The quantitative estimate of drug-likeness (QED) is 0.474. The molecule has 0 aromatic carbocycles. The lowest BCUT2D eigenvalue weighted by Crippen LogP contribution is -2.32. The van der Waals surface area contributed by atoms with E-state index in [1.165, 1.54) is 96.3 Å². The maximum absolute atomic E-state index is 9.73. The van der Waals surface area contributed by atoms with Crippen LogP contribution in [-0.4, -0.2) is 0 Å². The fraction of sp³-hybridized carbons (Fsp3) is 0.960. The molecule has 0 bridgehead atoms. The lowest BCUT2D eigenvalue weighted by molar-refractivity contribution is 0.0904. The molecular weight excluding hydrogens is 314 g/mol. The fourth-order valence-corrected chi connectivity index (χ4v) is 6.75. The van der Waals surface area contributed by atoms with Crippen LogP contribution in [0.4, 0.5) is 0 Å². The predicted molar refractivity (Wildman–Crippen MR) is 111 cm³/mol. The third kappa shape index (κ3) is 4.85. The van der Waals surface area contributed by atoms with E-state index >= 15 is 0 Å². The summed E-state index contributed by atoms with van der Waals surface area (Å²) in [5.74, 6) is 5.08. The van der Waals surface area contributed by atoms with Crippen molar-refractivity contribution in [2.24, 2.45) is 35.0 Å². The van der Waals surface area contributed by atoms with Gasteiger partial charge in [-0.25, -0.2) is 0 Å². The third-order valence-corrected chi connectivity index (χ3v) is 8.85. The van der Waals surface area contributed by atoms with Crippen molar-refractivity contribution in [2.45, 2.75) is 117 Å². The highest BCUT2D eigenvalue weighted by atomic mass is 14.5. The van der Waals surface area contributed by atoms with Crippen LogP contribution >= 0.6 is 0 Å². The van der Waals surface area contributed by atoms with Gasteiger partial charge in [-0.3, -0.25) is 0 Å². The number of rotatable bonds is 6. The molecule has 0 radical (unpaired) electrons. The molecule has 3 aliphatic rings. The van der Waals surface area contributed by atoms with Gasteiger partial charge in [0.25, 0.3) is 0 Å². The first-order chi connectivity index (χ1) is 12.7. The van der Waals surface area contributed by atoms with Gasteiger partial charge in [0.05, 0.1) is 11.5 Å². The Balaban J connectivity index is 1.41. The van der Waals surface area contributed by atoms with Gasteiger partial charge in [0.1, 0.15) is 0 Å². The summed E-state index contributed by atoms with van der Waals surface area (Å²) in [6.45, 7) is 4.63. The van der Waals surface area contributed by atoms with Crippen molar-refractivity contribution in [3.63, 3.8) is 0 Å². The number of hydrogen-bond donors (Lipinski definition) is 0. The van der Waals surface area contributed by atoms with Crippen molar-refractivity contribution in [1.82, 2.24) is 0 Å². The molecule has 3 aliphatic carbocycles. The number of nitrogens with zero attached hydrogens (tertiary/aromatic N) is 1. The van der Waals surface area contributed by atoms with Crippen molar-refractivity contribution < 1.29 is 0 Å². The fourth-order valence-electron chi connectivity index (χ4n) is 6.75. The van der Waals surface area contributed by atoms with E-state index in [4.69, 9.17) is 0 Å². The van der Waals surface area contributed by atoms with Crippen LogP contribution in [-0.2, 0) is 0 Å². The van der Waals surface area contributed by atoms with Crippen molar-refractivity contribution in [1.29, 1.82) is 5.26 Å². The summed E-state index contributed by atoms with van der Waals surface area (Å²) in [7, 11) is 0. The molecule has 0 aromatic rings. The van der Waals surface area contributed by atoms with Gasteiger partial charge >= 0.3 is 0 Å². The second-order valence-electron chi connectivity index (χ2n) is 10.2. The molecule has 26 heavy (non-hydrogen) atoms. The van der Waals surface area contributed by atoms with Crippen LogP contribution in [0.1, 0.15) is 117 Å². The molecule has 0 amide bonds. The number of unbranched alkanes of at least 4 members (excludes halogenated alkanes) is 1. The van der Waals surface area contributed by atoms with E-state index < -0.39 is 0 Å². The smallest absolute Gasteiger partial charge is 0.0689 e. The average molecular weight is 358 g/mol. The first-order valence-corrected chi connectivity index (χ1v) is 12.1. The van der Waals surface area contributed by atoms with Crippen LogP contribution < -0.4 is 0 Å². The molecule has 0 unspecified atom stereocenters. The maximum atomic E-state index is 9.73. The molecule has 3 saturated carbocycles.